The molecule has 0 bridgehead atoms. The Labute approximate surface area is 144 Å². The van der Waals surface area contributed by atoms with Crippen molar-refractivity contribution >= 4 is 23.5 Å². The second-order valence-electron chi connectivity index (χ2n) is 5.20. The number of hydrogen-bond donors (Lipinski definition) is 2. The summed E-state index contributed by atoms with van der Waals surface area (Å²) in [6, 6.07) is 6.06. The predicted octanol–water partition coefficient (Wildman–Crippen LogP) is 2.05. The topological polar surface area (TPSA) is 93.5 Å². The number of halogens is 1. The van der Waals surface area contributed by atoms with E-state index in [4.69, 9.17) is 16.3 Å². The Bertz CT molecular complexity index is 745. The minimum absolute atomic E-state index is 0.151. The van der Waals surface area contributed by atoms with Gasteiger partial charge in [-0.3, -0.25) is 4.79 Å². The van der Waals surface area contributed by atoms with E-state index in [1.807, 2.05) is 6.07 Å². The second-order valence-corrected chi connectivity index (χ2v) is 5.61. The zero-order chi connectivity index (χ0) is 17.7. The van der Waals surface area contributed by atoms with Crippen LogP contribution in [0.5, 0.6) is 0 Å². The molecule has 0 aliphatic rings. The maximum Gasteiger partial charge on any atom is 0.326 e. The number of benzene rings is 1. The third kappa shape index (κ3) is 4.12. The molecule has 1 unspecified atom stereocenters. The standard InChI is InChI=1S/C16H18ClN3O4/c1-10-9-20(13-6-4-3-5-11(13)17)19-14(10)15(21)18-12(16(22)23)7-8-24-2/h3-6,9,12H,7-8H2,1-2H3,(H,18,21)(H,22,23). The molecule has 0 fully saturated rings. The first-order valence-corrected chi connectivity index (χ1v) is 7.65. The molecule has 7 nitrogen and oxygen atoms in total. The summed E-state index contributed by atoms with van der Waals surface area (Å²) in [5.41, 5.74) is 1.40. The monoisotopic (exact) mass is 351 g/mol. The van der Waals surface area contributed by atoms with Crippen molar-refractivity contribution in [1.29, 1.82) is 0 Å². The molecule has 0 saturated heterocycles. The number of para-hydroxylation sites is 1. The van der Waals surface area contributed by atoms with Crippen LogP contribution in [0.15, 0.2) is 30.5 Å². The first kappa shape index (κ1) is 18.0. The predicted molar refractivity (Wildman–Crippen MR) is 88.7 cm³/mol. The Morgan fingerprint density at radius 1 is 1.42 bits per heavy atom. The van der Waals surface area contributed by atoms with E-state index < -0.39 is 17.9 Å². The molecule has 1 amide bonds. The van der Waals surface area contributed by atoms with Crippen molar-refractivity contribution in [2.45, 2.75) is 19.4 Å². The second kappa shape index (κ2) is 7.94. The highest BCUT2D eigenvalue weighted by Gasteiger charge is 2.23. The average molecular weight is 352 g/mol. The number of nitrogens with one attached hydrogen (secondary N) is 1. The van der Waals surface area contributed by atoms with Crippen molar-refractivity contribution in [2.24, 2.45) is 0 Å². The lowest BCUT2D eigenvalue weighted by Crippen LogP contribution is -2.41. The van der Waals surface area contributed by atoms with Crippen molar-refractivity contribution in [2.75, 3.05) is 13.7 Å². The Balaban J connectivity index is 2.21. The first-order chi connectivity index (χ1) is 11.4. The third-order valence-corrected chi connectivity index (χ3v) is 3.75. The van der Waals surface area contributed by atoms with E-state index in [1.54, 1.807) is 31.3 Å². The smallest absolute Gasteiger partial charge is 0.326 e. The van der Waals surface area contributed by atoms with Gasteiger partial charge in [0, 0.05) is 31.9 Å². The SMILES string of the molecule is COCCC(NC(=O)c1nn(-c2ccccc2Cl)cc1C)C(=O)O. The van der Waals surface area contributed by atoms with Gasteiger partial charge in [0.1, 0.15) is 6.04 Å². The van der Waals surface area contributed by atoms with Crippen LogP contribution < -0.4 is 5.32 Å². The number of carbonyl (C=O) groups is 2. The summed E-state index contributed by atoms with van der Waals surface area (Å²) in [5, 5.41) is 16.4. The van der Waals surface area contributed by atoms with Crippen molar-refractivity contribution in [3.05, 3.63) is 46.7 Å². The molecule has 0 aliphatic heterocycles. The van der Waals surface area contributed by atoms with Gasteiger partial charge in [0.2, 0.25) is 0 Å². The van der Waals surface area contributed by atoms with Gasteiger partial charge in [-0.1, -0.05) is 23.7 Å². The number of methoxy groups -OCH3 is 1. The summed E-state index contributed by atoms with van der Waals surface area (Å²) in [4.78, 5) is 23.6. The summed E-state index contributed by atoms with van der Waals surface area (Å²) >= 11 is 6.13. The van der Waals surface area contributed by atoms with Crippen molar-refractivity contribution in [3.63, 3.8) is 0 Å². The molecular formula is C16H18ClN3O4. The van der Waals surface area contributed by atoms with E-state index in [0.29, 0.717) is 16.3 Å². The molecule has 1 atom stereocenters. The molecule has 0 aliphatic carbocycles. The number of aliphatic carboxylic acids is 1. The fourth-order valence-corrected chi connectivity index (χ4v) is 2.39. The van der Waals surface area contributed by atoms with Gasteiger partial charge >= 0.3 is 5.97 Å². The van der Waals surface area contributed by atoms with Crippen LogP contribution in [0.1, 0.15) is 22.5 Å². The Morgan fingerprint density at radius 3 is 2.75 bits per heavy atom. The molecule has 24 heavy (non-hydrogen) atoms. The van der Waals surface area contributed by atoms with Crippen LogP contribution in [-0.2, 0) is 9.53 Å². The number of aryl methyl sites for hydroxylation is 1. The lowest BCUT2D eigenvalue weighted by molar-refractivity contribution is -0.139. The van der Waals surface area contributed by atoms with Crippen LogP contribution in [0.25, 0.3) is 5.69 Å². The minimum atomic E-state index is -1.12. The molecule has 2 N–H and O–H groups in total. The van der Waals surface area contributed by atoms with E-state index in [9.17, 15) is 14.7 Å². The van der Waals surface area contributed by atoms with Crippen LogP contribution >= 0.6 is 11.6 Å². The highest BCUT2D eigenvalue weighted by atomic mass is 35.5. The van der Waals surface area contributed by atoms with Crippen LogP contribution in [0.4, 0.5) is 0 Å². The zero-order valence-corrected chi connectivity index (χ0v) is 14.1. The molecule has 0 spiro atoms. The fraction of sp³-hybridized carbons (Fsp3) is 0.312. The fourth-order valence-electron chi connectivity index (χ4n) is 2.17. The van der Waals surface area contributed by atoms with Crippen molar-refractivity contribution < 1.29 is 19.4 Å². The van der Waals surface area contributed by atoms with E-state index in [1.165, 1.54) is 11.8 Å². The van der Waals surface area contributed by atoms with E-state index in [2.05, 4.69) is 10.4 Å². The van der Waals surface area contributed by atoms with E-state index in [0.717, 1.165) is 0 Å². The highest BCUT2D eigenvalue weighted by Crippen LogP contribution is 2.20. The number of carbonyl (C=O) groups excluding carboxylic acids is 1. The van der Waals surface area contributed by atoms with Crippen molar-refractivity contribution in [3.8, 4) is 5.69 Å². The Morgan fingerprint density at radius 2 is 2.12 bits per heavy atom. The summed E-state index contributed by atoms with van der Waals surface area (Å²) in [6.45, 7) is 1.95. The van der Waals surface area contributed by atoms with Gasteiger partial charge in [0.25, 0.3) is 5.91 Å². The number of ether oxygens (including phenoxy) is 1. The maximum absolute atomic E-state index is 12.3. The van der Waals surface area contributed by atoms with E-state index >= 15 is 0 Å². The molecule has 1 aromatic heterocycles. The lowest BCUT2D eigenvalue weighted by atomic mass is 10.2. The van der Waals surface area contributed by atoms with Gasteiger partial charge in [0.05, 0.1) is 10.7 Å². The minimum Gasteiger partial charge on any atom is -0.480 e. The molecule has 0 radical (unpaired) electrons. The molecule has 0 saturated carbocycles. The Kier molecular flexibility index (Phi) is 5.94. The quantitative estimate of drug-likeness (QED) is 0.796. The molecule has 8 heteroatoms. The van der Waals surface area contributed by atoms with Crippen LogP contribution in [0.3, 0.4) is 0 Å². The maximum atomic E-state index is 12.3. The van der Waals surface area contributed by atoms with Gasteiger partial charge in [-0.2, -0.15) is 5.10 Å². The van der Waals surface area contributed by atoms with Gasteiger partial charge in [-0.25, -0.2) is 9.48 Å². The number of carboxylic acid groups (broad SMARTS) is 1. The number of carboxylic acids is 1. The number of aromatic nitrogens is 2. The largest absolute Gasteiger partial charge is 0.480 e. The number of amides is 1. The number of nitrogens with zero attached hydrogens (tertiary/aromatic N) is 2. The summed E-state index contributed by atoms with van der Waals surface area (Å²) in [5.74, 6) is -1.68. The molecule has 2 rings (SSSR count). The highest BCUT2D eigenvalue weighted by molar-refractivity contribution is 6.32. The third-order valence-electron chi connectivity index (χ3n) is 3.43. The molecular weight excluding hydrogens is 334 g/mol. The zero-order valence-electron chi connectivity index (χ0n) is 13.3. The van der Waals surface area contributed by atoms with Gasteiger partial charge in [-0.15, -0.1) is 0 Å². The molecule has 1 heterocycles. The molecule has 2 aromatic rings. The van der Waals surface area contributed by atoms with Crippen LogP contribution in [0, 0.1) is 6.92 Å². The van der Waals surface area contributed by atoms with Crippen LogP contribution in [-0.4, -0.2) is 46.5 Å². The van der Waals surface area contributed by atoms with E-state index in [-0.39, 0.29) is 18.7 Å². The average Bonchev–Trinajstić information content (AvgIpc) is 2.93. The number of rotatable bonds is 7. The normalized spacial score (nSPS) is 12.0. The number of hydrogen-bond acceptors (Lipinski definition) is 4. The molecule has 128 valence electrons. The molecule has 1 aromatic carbocycles. The summed E-state index contributed by atoms with van der Waals surface area (Å²) in [6.07, 6.45) is 1.84. The lowest BCUT2D eigenvalue weighted by Gasteiger charge is -2.13. The first-order valence-electron chi connectivity index (χ1n) is 7.27. The van der Waals surface area contributed by atoms with Gasteiger partial charge < -0.3 is 15.2 Å². The van der Waals surface area contributed by atoms with Gasteiger partial charge in [-0.05, 0) is 19.1 Å². The van der Waals surface area contributed by atoms with Crippen LogP contribution in [0.2, 0.25) is 5.02 Å². The van der Waals surface area contributed by atoms with Crippen molar-refractivity contribution in [1.82, 2.24) is 15.1 Å². The Hall–Kier alpha value is -2.38. The van der Waals surface area contributed by atoms with Gasteiger partial charge in [0.15, 0.2) is 5.69 Å². The summed E-state index contributed by atoms with van der Waals surface area (Å²) in [7, 11) is 1.47. The summed E-state index contributed by atoms with van der Waals surface area (Å²) < 4.78 is 6.36.